The number of likely N-dealkylation sites (tertiary alicyclic amines) is 1. The van der Waals surface area contributed by atoms with Crippen LogP contribution in [0.5, 0.6) is 0 Å². The van der Waals surface area contributed by atoms with Crippen LogP contribution in [-0.2, 0) is 13.0 Å². The topological polar surface area (TPSA) is 39.7 Å². The molecule has 1 aromatic heterocycles. The van der Waals surface area contributed by atoms with Crippen LogP contribution in [0.1, 0.15) is 42.9 Å². The van der Waals surface area contributed by atoms with E-state index in [4.69, 9.17) is 0 Å². The first-order valence-corrected chi connectivity index (χ1v) is 9.77. The van der Waals surface area contributed by atoms with E-state index in [-0.39, 0.29) is 0 Å². The Balaban J connectivity index is 1.67. The Morgan fingerprint density at radius 1 is 1.22 bits per heavy atom. The minimum Gasteiger partial charge on any atom is -0.356 e. The normalized spacial score (nSPS) is 18.0. The molecule has 1 fully saturated rings. The molecule has 5 heteroatoms. The minimum atomic E-state index is 0.639. The third-order valence-electron chi connectivity index (χ3n) is 4.36. The van der Waals surface area contributed by atoms with Gasteiger partial charge in [-0.15, -0.1) is 11.3 Å². The van der Waals surface area contributed by atoms with Gasteiger partial charge in [0, 0.05) is 29.9 Å². The summed E-state index contributed by atoms with van der Waals surface area (Å²) in [7, 11) is 1.84. The molecule has 1 saturated heterocycles. The van der Waals surface area contributed by atoms with Crippen molar-refractivity contribution in [2.24, 2.45) is 10.9 Å². The van der Waals surface area contributed by atoms with Gasteiger partial charge in [0.05, 0.1) is 6.54 Å². The summed E-state index contributed by atoms with van der Waals surface area (Å²) in [6.07, 6.45) is 5.25. The van der Waals surface area contributed by atoms with Gasteiger partial charge in [0.2, 0.25) is 0 Å². The Morgan fingerprint density at radius 3 is 2.61 bits per heavy atom. The fraction of sp³-hybridized carbons (Fsp3) is 0.722. The number of rotatable bonds is 7. The lowest BCUT2D eigenvalue weighted by Crippen LogP contribution is -2.42. The van der Waals surface area contributed by atoms with Gasteiger partial charge in [0.25, 0.3) is 0 Å². The summed E-state index contributed by atoms with van der Waals surface area (Å²) >= 11 is 1.88. The molecule has 0 amide bonds. The Labute approximate surface area is 145 Å². The lowest BCUT2D eigenvalue weighted by atomic mass is 10.1. The monoisotopic (exact) mass is 336 g/mol. The van der Waals surface area contributed by atoms with Gasteiger partial charge < -0.3 is 15.5 Å². The summed E-state index contributed by atoms with van der Waals surface area (Å²) in [4.78, 5) is 9.75. The fourth-order valence-electron chi connectivity index (χ4n) is 3.02. The molecule has 1 aliphatic heterocycles. The summed E-state index contributed by atoms with van der Waals surface area (Å²) in [5.41, 5.74) is 0. The van der Waals surface area contributed by atoms with E-state index in [2.05, 4.69) is 46.5 Å². The average Bonchev–Trinajstić information content (AvgIpc) is 3.04. The molecule has 0 spiro atoms. The molecule has 1 atom stereocenters. The summed E-state index contributed by atoms with van der Waals surface area (Å²) in [6.45, 7) is 10.1. The van der Waals surface area contributed by atoms with Crippen LogP contribution in [0.4, 0.5) is 0 Å². The van der Waals surface area contributed by atoms with E-state index in [1.807, 2.05) is 18.4 Å². The van der Waals surface area contributed by atoms with Crippen molar-refractivity contribution in [3.8, 4) is 0 Å². The van der Waals surface area contributed by atoms with Gasteiger partial charge in [-0.2, -0.15) is 0 Å². The molecule has 1 aliphatic rings. The van der Waals surface area contributed by atoms with Crippen LogP contribution in [0, 0.1) is 5.92 Å². The second-order valence-electron chi connectivity index (χ2n) is 6.49. The predicted molar refractivity (Wildman–Crippen MR) is 101 cm³/mol. The van der Waals surface area contributed by atoms with Gasteiger partial charge in [0.15, 0.2) is 5.96 Å². The van der Waals surface area contributed by atoms with Crippen molar-refractivity contribution in [1.29, 1.82) is 0 Å². The SMILES string of the molecule is CCc1ccc(CNC(=NC)NCC(C)CN2CCCCC2)s1. The van der Waals surface area contributed by atoms with E-state index < -0.39 is 0 Å². The van der Waals surface area contributed by atoms with Crippen LogP contribution in [0.2, 0.25) is 0 Å². The number of guanidine groups is 1. The van der Waals surface area contributed by atoms with Gasteiger partial charge in [-0.05, 0) is 50.4 Å². The van der Waals surface area contributed by atoms with Crippen LogP contribution >= 0.6 is 11.3 Å². The third kappa shape index (κ3) is 6.51. The highest BCUT2D eigenvalue weighted by Gasteiger charge is 2.13. The molecular formula is C18H32N4S. The maximum Gasteiger partial charge on any atom is 0.191 e. The number of hydrogen-bond acceptors (Lipinski definition) is 3. The zero-order valence-corrected chi connectivity index (χ0v) is 15.7. The zero-order valence-electron chi connectivity index (χ0n) is 14.9. The van der Waals surface area contributed by atoms with E-state index in [1.165, 1.54) is 48.7 Å². The molecule has 2 N–H and O–H groups in total. The van der Waals surface area contributed by atoms with Crippen LogP contribution in [0.25, 0.3) is 0 Å². The highest BCUT2D eigenvalue weighted by molar-refractivity contribution is 7.11. The van der Waals surface area contributed by atoms with Gasteiger partial charge in [0.1, 0.15) is 0 Å². The molecule has 2 heterocycles. The van der Waals surface area contributed by atoms with Crippen LogP contribution in [-0.4, -0.2) is 44.1 Å². The standard InChI is InChI=1S/C18H32N4S/c1-4-16-8-9-17(23-16)13-21-18(19-3)20-12-15(2)14-22-10-6-5-7-11-22/h8-9,15H,4-7,10-14H2,1-3H3,(H2,19,20,21). The first-order valence-electron chi connectivity index (χ1n) is 8.95. The molecule has 2 rings (SSSR count). The molecular weight excluding hydrogens is 304 g/mol. The van der Waals surface area contributed by atoms with Crippen LogP contribution < -0.4 is 10.6 Å². The second kappa shape index (κ2) is 9.93. The van der Waals surface area contributed by atoms with E-state index in [0.717, 1.165) is 25.5 Å². The maximum absolute atomic E-state index is 4.33. The molecule has 0 saturated carbocycles. The number of nitrogens with zero attached hydrogens (tertiary/aromatic N) is 2. The number of thiophene rings is 1. The molecule has 0 aromatic carbocycles. The Kier molecular flexibility index (Phi) is 7.89. The molecule has 130 valence electrons. The van der Waals surface area contributed by atoms with E-state index in [9.17, 15) is 0 Å². The number of hydrogen-bond donors (Lipinski definition) is 2. The molecule has 1 unspecified atom stereocenters. The summed E-state index contributed by atoms with van der Waals surface area (Å²) < 4.78 is 0. The van der Waals surface area contributed by atoms with E-state index in [1.54, 1.807) is 0 Å². The van der Waals surface area contributed by atoms with Crippen molar-refractivity contribution >= 4 is 17.3 Å². The largest absolute Gasteiger partial charge is 0.356 e. The minimum absolute atomic E-state index is 0.639. The summed E-state index contributed by atoms with van der Waals surface area (Å²) in [5, 5.41) is 6.88. The van der Waals surface area contributed by atoms with Crippen LogP contribution in [0.3, 0.4) is 0 Å². The average molecular weight is 337 g/mol. The zero-order chi connectivity index (χ0) is 16.5. The van der Waals surface area contributed by atoms with E-state index >= 15 is 0 Å². The Bertz CT molecular complexity index is 477. The first kappa shape index (κ1) is 18.3. The highest BCUT2D eigenvalue weighted by Crippen LogP contribution is 2.16. The molecule has 0 bridgehead atoms. The molecule has 23 heavy (non-hydrogen) atoms. The number of aryl methyl sites for hydroxylation is 1. The molecule has 0 aliphatic carbocycles. The van der Waals surface area contributed by atoms with Crippen molar-refractivity contribution in [3.05, 3.63) is 21.9 Å². The van der Waals surface area contributed by atoms with E-state index in [0.29, 0.717) is 5.92 Å². The van der Waals surface area contributed by atoms with Gasteiger partial charge in [-0.3, -0.25) is 4.99 Å². The number of aliphatic imine (C=N–C) groups is 1. The Morgan fingerprint density at radius 2 is 1.96 bits per heavy atom. The van der Waals surface area contributed by atoms with Crippen molar-refractivity contribution in [2.75, 3.05) is 33.2 Å². The predicted octanol–water partition coefficient (Wildman–Crippen LogP) is 3.10. The maximum atomic E-state index is 4.33. The first-order chi connectivity index (χ1) is 11.2. The molecule has 1 aromatic rings. The van der Waals surface area contributed by atoms with Gasteiger partial charge in [-0.25, -0.2) is 0 Å². The molecule has 4 nitrogen and oxygen atoms in total. The third-order valence-corrected chi connectivity index (χ3v) is 5.59. The lowest BCUT2D eigenvalue weighted by molar-refractivity contribution is 0.201. The van der Waals surface area contributed by atoms with Crippen LogP contribution in [0.15, 0.2) is 17.1 Å². The lowest BCUT2D eigenvalue weighted by Gasteiger charge is -2.29. The summed E-state index contributed by atoms with van der Waals surface area (Å²) in [6, 6.07) is 4.43. The van der Waals surface area contributed by atoms with Crippen molar-refractivity contribution < 1.29 is 0 Å². The van der Waals surface area contributed by atoms with Gasteiger partial charge >= 0.3 is 0 Å². The molecule has 0 radical (unpaired) electrons. The van der Waals surface area contributed by atoms with Crippen molar-refractivity contribution in [1.82, 2.24) is 15.5 Å². The second-order valence-corrected chi connectivity index (χ2v) is 7.75. The number of piperidine rings is 1. The fourth-order valence-corrected chi connectivity index (χ4v) is 3.91. The smallest absolute Gasteiger partial charge is 0.191 e. The quantitative estimate of drug-likeness (QED) is 0.594. The highest BCUT2D eigenvalue weighted by atomic mass is 32.1. The summed E-state index contributed by atoms with van der Waals surface area (Å²) in [5.74, 6) is 1.54. The van der Waals surface area contributed by atoms with Crippen molar-refractivity contribution in [2.45, 2.75) is 46.1 Å². The van der Waals surface area contributed by atoms with Crippen molar-refractivity contribution in [3.63, 3.8) is 0 Å². The van der Waals surface area contributed by atoms with Gasteiger partial charge in [-0.1, -0.05) is 20.3 Å². The number of nitrogens with one attached hydrogen (secondary N) is 2. The Hall–Kier alpha value is -1.07.